The standard InChI is InChI=1S/C17H16F2O4/c1-22-13-8-7-12(18)16(19)15(13)17(21)11-5-3-10(4-6-11)9-14(20)23-2/h3-8,17,21H,9H2,1-2H3. The fourth-order valence-electron chi connectivity index (χ4n) is 2.20. The van der Waals surface area contributed by atoms with E-state index in [1.165, 1.54) is 32.4 Å². The number of aliphatic hydroxyl groups is 1. The number of rotatable bonds is 5. The van der Waals surface area contributed by atoms with Crippen molar-refractivity contribution >= 4 is 5.97 Å². The molecule has 0 saturated heterocycles. The average Bonchev–Trinajstić information content (AvgIpc) is 2.57. The topological polar surface area (TPSA) is 55.8 Å². The molecule has 122 valence electrons. The minimum absolute atomic E-state index is 0.0510. The quantitative estimate of drug-likeness (QED) is 0.860. The van der Waals surface area contributed by atoms with Crippen molar-refractivity contribution in [3.63, 3.8) is 0 Å². The number of esters is 1. The molecule has 6 heteroatoms. The first-order valence-electron chi connectivity index (χ1n) is 6.83. The normalized spacial score (nSPS) is 11.9. The second-order valence-corrected chi connectivity index (χ2v) is 4.87. The van der Waals surface area contributed by atoms with Crippen molar-refractivity contribution in [1.29, 1.82) is 0 Å². The molecule has 2 aromatic rings. The first kappa shape index (κ1) is 16.9. The van der Waals surface area contributed by atoms with Gasteiger partial charge in [-0.2, -0.15) is 0 Å². The third-order valence-electron chi connectivity index (χ3n) is 3.46. The van der Waals surface area contributed by atoms with Gasteiger partial charge in [0.05, 0.1) is 26.2 Å². The van der Waals surface area contributed by atoms with Gasteiger partial charge in [0.15, 0.2) is 11.6 Å². The molecule has 2 rings (SSSR count). The number of hydrogen-bond donors (Lipinski definition) is 1. The van der Waals surface area contributed by atoms with Crippen molar-refractivity contribution in [2.75, 3.05) is 14.2 Å². The molecule has 0 aliphatic heterocycles. The highest BCUT2D eigenvalue weighted by Gasteiger charge is 2.23. The summed E-state index contributed by atoms with van der Waals surface area (Å²) >= 11 is 0. The zero-order chi connectivity index (χ0) is 17.0. The predicted molar refractivity (Wildman–Crippen MR) is 79.1 cm³/mol. The summed E-state index contributed by atoms with van der Waals surface area (Å²) in [6, 6.07) is 8.48. The molecule has 0 saturated carbocycles. The number of carbonyl (C=O) groups is 1. The summed E-state index contributed by atoms with van der Waals surface area (Å²) in [5.74, 6) is -2.57. The van der Waals surface area contributed by atoms with E-state index in [4.69, 9.17) is 4.74 Å². The van der Waals surface area contributed by atoms with Gasteiger partial charge in [0.1, 0.15) is 11.9 Å². The maximum atomic E-state index is 14.0. The van der Waals surface area contributed by atoms with Crippen LogP contribution in [-0.2, 0) is 16.0 Å². The molecule has 1 N–H and O–H groups in total. The molecule has 2 aromatic carbocycles. The van der Waals surface area contributed by atoms with Crippen molar-refractivity contribution in [3.05, 3.63) is 64.7 Å². The summed E-state index contributed by atoms with van der Waals surface area (Å²) in [5, 5.41) is 10.3. The van der Waals surface area contributed by atoms with Crippen molar-refractivity contribution in [2.45, 2.75) is 12.5 Å². The lowest BCUT2D eigenvalue weighted by molar-refractivity contribution is -0.139. The molecular formula is C17H16F2O4. The number of aliphatic hydroxyl groups excluding tert-OH is 1. The van der Waals surface area contributed by atoms with E-state index < -0.39 is 23.7 Å². The van der Waals surface area contributed by atoms with Gasteiger partial charge in [-0.3, -0.25) is 4.79 Å². The summed E-state index contributed by atoms with van der Waals surface area (Å²) in [4.78, 5) is 11.2. The van der Waals surface area contributed by atoms with Gasteiger partial charge in [-0.05, 0) is 23.3 Å². The van der Waals surface area contributed by atoms with Gasteiger partial charge in [0.2, 0.25) is 0 Å². The lowest BCUT2D eigenvalue weighted by Crippen LogP contribution is -2.08. The molecule has 0 amide bonds. The van der Waals surface area contributed by atoms with Crippen molar-refractivity contribution in [2.24, 2.45) is 0 Å². The molecule has 0 spiro atoms. The van der Waals surface area contributed by atoms with Gasteiger partial charge in [-0.25, -0.2) is 8.78 Å². The molecule has 0 aromatic heterocycles. The van der Waals surface area contributed by atoms with Crippen LogP contribution in [0.2, 0.25) is 0 Å². The molecule has 4 nitrogen and oxygen atoms in total. The van der Waals surface area contributed by atoms with Crippen LogP contribution in [-0.4, -0.2) is 25.3 Å². The Hall–Kier alpha value is -2.47. The summed E-state index contributed by atoms with van der Waals surface area (Å²) in [7, 11) is 2.60. The highest BCUT2D eigenvalue weighted by Crippen LogP contribution is 2.33. The number of ether oxygens (including phenoxy) is 2. The zero-order valence-electron chi connectivity index (χ0n) is 12.7. The van der Waals surface area contributed by atoms with E-state index in [1.807, 2.05) is 0 Å². The Bertz CT molecular complexity index is 698. The Kier molecular flexibility index (Phi) is 5.28. The van der Waals surface area contributed by atoms with Crippen molar-refractivity contribution in [1.82, 2.24) is 0 Å². The third-order valence-corrected chi connectivity index (χ3v) is 3.46. The van der Waals surface area contributed by atoms with Crippen molar-refractivity contribution < 1.29 is 28.2 Å². The van der Waals surface area contributed by atoms with E-state index in [-0.39, 0.29) is 17.7 Å². The molecule has 1 unspecified atom stereocenters. The van der Waals surface area contributed by atoms with Crippen LogP contribution in [0.3, 0.4) is 0 Å². The van der Waals surface area contributed by atoms with E-state index in [2.05, 4.69) is 4.74 Å². The van der Waals surface area contributed by atoms with Crippen LogP contribution >= 0.6 is 0 Å². The maximum Gasteiger partial charge on any atom is 0.309 e. The Morgan fingerprint density at radius 1 is 1.13 bits per heavy atom. The van der Waals surface area contributed by atoms with Gasteiger partial charge in [-0.15, -0.1) is 0 Å². The molecule has 0 aliphatic carbocycles. The van der Waals surface area contributed by atoms with E-state index in [1.54, 1.807) is 12.1 Å². The molecule has 0 aliphatic rings. The van der Waals surface area contributed by atoms with Crippen LogP contribution in [0.1, 0.15) is 22.8 Å². The SMILES string of the molecule is COC(=O)Cc1ccc(C(O)c2c(OC)ccc(F)c2F)cc1. The minimum Gasteiger partial charge on any atom is -0.496 e. The summed E-state index contributed by atoms with van der Waals surface area (Å²) in [5.41, 5.74) is 0.758. The van der Waals surface area contributed by atoms with E-state index >= 15 is 0 Å². The second kappa shape index (κ2) is 7.19. The second-order valence-electron chi connectivity index (χ2n) is 4.87. The monoisotopic (exact) mass is 322 g/mol. The van der Waals surface area contributed by atoms with E-state index in [0.717, 1.165) is 6.07 Å². The Morgan fingerprint density at radius 2 is 1.78 bits per heavy atom. The number of halogens is 2. The molecule has 0 bridgehead atoms. The van der Waals surface area contributed by atoms with Crippen LogP contribution in [0.15, 0.2) is 36.4 Å². The molecule has 23 heavy (non-hydrogen) atoms. The lowest BCUT2D eigenvalue weighted by Gasteiger charge is -2.16. The Morgan fingerprint density at radius 3 is 2.35 bits per heavy atom. The Balaban J connectivity index is 2.32. The predicted octanol–water partition coefficient (Wildman–Crippen LogP) is 2.77. The van der Waals surface area contributed by atoms with Crippen LogP contribution in [0.4, 0.5) is 8.78 Å². The summed E-state index contributed by atoms with van der Waals surface area (Å²) in [6.45, 7) is 0. The number of carbonyl (C=O) groups excluding carboxylic acids is 1. The van der Waals surface area contributed by atoms with Crippen LogP contribution in [0.5, 0.6) is 5.75 Å². The lowest BCUT2D eigenvalue weighted by atomic mass is 9.98. The fraction of sp³-hybridized carbons (Fsp3) is 0.235. The first-order valence-corrected chi connectivity index (χ1v) is 6.83. The van der Waals surface area contributed by atoms with E-state index in [0.29, 0.717) is 11.1 Å². The molecule has 0 radical (unpaired) electrons. The van der Waals surface area contributed by atoms with Gasteiger partial charge in [0, 0.05) is 0 Å². The van der Waals surface area contributed by atoms with Crippen LogP contribution < -0.4 is 4.74 Å². The number of benzene rings is 2. The third kappa shape index (κ3) is 3.65. The van der Waals surface area contributed by atoms with Gasteiger partial charge >= 0.3 is 5.97 Å². The first-order chi connectivity index (χ1) is 11.0. The maximum absolute atomic E-state index is 14.0. The van der Waals surface area contributed by atoms with E-state index in [9.17, 15) is 18.7 Å². The fourth-order valence-corrected chi connectivity index (χ4v) is 2.20. The van der Waals surface area contributed by atoms with Crippen molar-refractivity contribution in [3.8, 4) is 5.75 Å². The number of methoxy groups -OCH3 is 2. The van der Waals surface area contributed by atoms with Gasteiger partial charge in [-0.1, -0.05) is 24.3 Å². The van der Waals surface area contributed by atoms with Crippen LogP contribution in [0.25, 0.3) is 0 Å². The summed E-state index contributed by atoms with van der Waals surface area (Å²) in [6.07, 6.45) is -1.31. The summed E-state index contributed by atoms with van der Waals surface area (Å²) < 4.78 is 37.0. The number of hydrogen-bond acceptors (Lipinski definition) is 4. The zero-order valence-corrected chi connectivity index (χ0v) is 12.7. The largest absolute Gasteiger partial charge is 0.496 e. The molecular weight excluding hydrogens is 306 g/mol. The average molecular weight is 322 g/mol. The minimum atomic E-state index is -1.40. The van der Waals surface area contributed by atoms with Gasteiger partial charge in [0.25, 0.3) is 0 Å². The molecule has 1 atom stereocenters. The molecule has 0 fully saturated rings. The highest BCUT2D eigenvalue weighted by atomic mass is 19.2. The van der Waals surface area contributed by atoms with Crippen LogP contribution in [0, 0.1) is 11.6 Å². The Labute approximate surface area is 132 Å². The smallest absolute Gasteiger partial charge is 0.309 e. The molecule has 0 heterocycles. The highest BCUT2D eigenvalue weighted by molar-refractivity contribution is 5.72. The van der Waals surface area contributed by atoms with Gasteiger partial charge < -0.3 is 14.6 Å².